The maximum atomic E-state index is 10.7. The van der Waals surface area contributed by atoms with Crippen molar-refractivity contribution in [3.05, 3.63) is 35.4 Å². The third kappa shape index (κ3) is 2.80. The van der Waals surface area contributed by atoms with Crippen molar-refractivity contribution in [3.63, 3.8) is 0 Å². The third-order valence-electron chi connectivity index (χ3n) is 1.46. The monoisotopic (exact) mass is 374 g/mol. The van der Waals surface area contributed by atoms with Crippen LogP contribution in [0.2, 0.25) is 0 Å². The Balaban J connectivity index is 0.00000144. The normalized spacial score (nSPS) is 8.62. The Morgan fingerprint density at radius 1 is 0.923 bits per heavy atom. The zero-order valence-electron chi connectivity index (χ0n) is 6.99. The van der Waals surface area contributed by atoms with Gasteiger partial charge in [-0.15, -0.1) is 0 Å². The second-order valence-corrected chi connectivity index (χ2v) is 2.27. The number of hydrogen-bond donors (Lipinski definition) is 2. The number of hydrogen-bond acceptors (Lipinski definition) is 2. The molecular weight excluding hydrogens is 363 g/mol. The summed E-state index contributed by atoms with van der Waals surface area (Å²) in [6, 6.07) is 6.16. The van der Waals surface area contributed by atoms with Crippen LogP contribution in [0.15, 0.2) is 24.3 Å². The number of amides is 2. The van der Waals surface area contributed by atoms with E-state index in [1.165, 1.54) is 12.1 Å². The number of carbonyl (C=O) groups is 2. The molecule has 0 aromatic heterocycles. The molecule has 68 valence electrons. The quantitative estimate of drug-likeness (QED) is 0.650. The summed E-state index contributed by atoms with van der Waals surface area (Å²) < 4.78 is 0. The third-order valence-corrected chi connectivity index (χ3v) is 1.46. The van der Waals surface area contributed by atoms with Gasteiger partial charge in [-0.25, -0.2) is 0 Å². The van der Waals surface area contributed by atoms with E-state index < -0.39 is 11.8 Å². The van der Waals surface area contributed by atoms with Gasteiger partial charge < -0.3 is 11.5 Å². The molecule has 0 bridgehead atoms. The van der Waals surface area contributed by atoms with Crippen molar-refractivity contribution in [2.45, 2.75) is 0 Å². The van der Waals surface area contributed by atoms with Gasteiger partial charge >= 0.3 is 27.3 Å². The molecule has 2 amide bonds. The second kappa shape index (κ2) is 4.95. The molecule has 0 spiro atoms. The van der Waals surface area contributed by atoms with Crippen LogP contribution in [-0.2, 0) is 0 Å². The molecule has 0 heterocycles. The molecule has 1 aromatic carbocycles. The molecule has 4 N–H and O–H groups in total. The van der Waals surface area contributed by atoms with Gasteiger partial charge in [0.05, 0.1) is 11.1 Å². The molecule has 0 atom stereocenters. The van der Waals surface area contributed by atoms with E-state index in [2.05, 4.69) is 0 Å². The van der Waals surface area contributed by atoms with E-state index in [1.807, 2.05) is 0 Å². The molecule has 0 saturated carbocycles. The average molecular weight is 373 g/mol. The summed E-state index contributed by atoms with van der Waals surface area (Å²) in [4.78, 5) is 21.5. The molecule has 0 aliphatic heterocycles. The number of primary amides is 2. The Morgan fingerprint density at radius 2 is 1.23 bits per heavy atom. The Morgan fingerprint density at radius 3 is 1.46 bits per heavy atom. The van der Waals surface area contributed by atoms with E-state index in [0.717, 1.165) is 0 Å². The van der Waals surface area contributed by atoms with Crippen molar-refractivity contribution >= 4 is 39.1 Å². The minimum absolute atomic E-state index is 0. The van der Waals surface area contributed by atoms with Crippen molar-refractivity contribution in [1.29, 1.82) is 0 Å². The van der Waals surface area contributed by atoms with Crippen LogP contribution in [0.3, 0.4) is 0 Å². The topological polar surface area (TPSA) is 86.2 Å². The minimum atomic E-state index is -0.649. The molecule has 1 aromatic rings. The predicted octanol–water partition coefficient (Wildman–Crippen LogP) is -1.03. The van der Waals surface area contributed by atoms with E-state index in [1.54, 1.807) is 12.1 Å². The Kier molecular flexibility index (Phi) is 4.60. The summed E-state index contributed by atoms with van der Waals surface area (Å²) in [6.45, 7) is 0. The van der Waals surface area contributed by atoms with Crippen LogP contribution in [0.5, 0.6) is 0 Å². The maximum absolute atomic E-state index is 10.7. The molecule has 0 fully saturated rings. The first kappa shape index (κ1) is 12.1. The molecule has 4 nitrogen and oxygen atoms in total. The fourth-order valence-corrected chi connectivity index (χ4v) is 0.913. The Bertz CT molecular complexity index is 306. The summed E-state index contributed by atoms with van der Waals surface area (Å²) in [5, 5.41) is 0. The zero-order valence-corrected chi connectivity index (χ0v) is 12.5. The standard InChI is InChI=1S/C8H8N2O2.Pb.2H/c9-7(11)5-3-1-2-4-6(5)8(10)12;;;/h1-4H,(H2,9,11)(H2,10,12);;;. The molecule has 2 radical (unpaired) electrons. The van der Waals surface area contributed by atoms with Crippen LogP contribution in [0.1, 0.15) is 20.7 Å². The number of rotatable bonds is 2. The van der Waals surface area contributed by atoms with Gasteiger partial charge in [0.2, 0.25) is 11.8 Å². The van der Waals surface area contributed by atoms with Crippen molar-refractivity contribution in [2.75, 3.05) is 0 Å². The van der Waals surface area contributed by atoms with Crippen LogP contribution in [0.4, 0.5) is 0 Å². The molecule has 0 aliphatic carbocycles. The molecule has 13 heavy (non-hydrogen) atoms. The van der Waals surface area contributed by atoms with Crippen LogP contribution in [0, 0.1) is 0 Å². The van der Waals surface area contributed by atoms with Gasteiger partial charge in [0, 0.05) is 0 Å². The summed E-state index contributed by atoms with van der Waals surface area (Å²) in [6.07, 6.45) is 0. The second-order valence-electron chi connectivity index (χ2n) is 2.27. The molecular formula is C8H10N2O2Pb. The van der Waals surface area contributed by atoms with E-state index in [9.17, 15) is 9.59 Å². The van der Waals surface area contributed by atoms with Gasteiger partial charge in [0.1, 0.15) is 0 Å². The summed E-state index contributed by atoms with van der Waals surface area (Å²) in [7, 11) is 0. The van der Waals surface area contributed by atoms with Crippen LogP contribution in [0.25, 0.3) is 0 Å². The summed E-state index contributed by atoms with van der Waals surface area (Å²) >= 11 is 0. The van der Waals surface area contributed by atoms with Crippen molar-refractivity contribution in [3.8, 4) is 0 Å². The number of nitrogens with two attached hydrogens (primary N) is 2. The molecule has 0 saturated heterocycles. The molecule has 0 unspecified atom stereocenters. The first-order valence-corrected chi connectivity index (χ1v) is 3.31. The van der Waals surface area contributed by atoms with Gasteiger partial charge in [-0.05, 0) is 12.1 Å². The van der Waals surface area contributed by atoms with E-state index >= 15 is 0 Å². The Hall–Kier alpha value is -0.918. The summed E-state index contributed by atoms with van der Waals surface area (Å²) in [5.41, 5.74) is 10.3. The van der Waals surface area contributed by atoms with Gasteiger partial charge in [0.15, 0.2) is 0 Å². The fourth-order valence-electron chi connectivity index (χ4n) is 0.913. The van der Waals surface area contributed by atoms with Crippen molar-refractivity contribution in [1.82, 2.24) is 0 Å². The van der Waals surface area contributed by atoms with E-state index in [-0.39, 0.29) is 38.4 Å². The van der Waals surface area contributed by atoms with Crippen LogP contribution in [-0.4, -0.2) is 39.1 Å². The fraction of sp³-hybridized carbons (Fsp3) is 0. The first-order valence-electron chi connectivity index (χ1n) is 3.31. The zero-order chi connectivity index (χ0) is 9.14. The van der Waals surface area contributed by atoms with E-state index in [4.69, 9.17) is 11.5 Å². The molecule has 5 heteroatoms. The van der Waals surface area contributed by atoms with Gasteiger partial charge in [0.25, 0.3) is 0 Å². The summed E-state index contributed by atoms with van der Waals surface area (Å²) in [5.74, 6) is -1.30. The SMILES string of the molecule is NC(=O)c1ccccc1C(N)=O.[PbH2]. The van der Waals surface area contributed by atoms with Gasteiger partial charge in [-0.1, -0.05) is 12.1 Å². The van der Waals surface area contributed by atoms with Crippen molar-refractivity contribution < 1.29 is 9.59 Å². The number of benzene rings is 1. The first-order chi connectivity index (χ1) is 5.63. The van der Waals surface area contributed by atoms with Crippen LogP contribution < -0.4 is 11.5 Å². The molecule has 0 aliphatic rings. The molecule has 1 rings (SSSR count). The Labute approximate surface area is 95.4 Å². The number of carbonyl (C=O) groups excluding carboxylic acids is 2. The van der Waals surface area contributed by atoms with E-state index in [0.29, 0.717) is 0 Å². The van der Waals surface area contributed by atoms with Gasteiger partial charge in [-0.3, -0.25) is 9.59 Å². The average Bonchev–Trinajstić information content (AvgIpc) is 2.04. The van der Waals surface area contributed by atoms with Crippen molar-refractivity contribution in [2.24, 2.45) is 11.5 Å². The van der Waals surface area contributed by atoms with Gasteiger partial charge in [-0.2, -0.15) is 0 Å². The van der Waals surface area contributed by atoms with Crippen LogP contribution >= 0.6 is 0 Å². The predicted molar refractivity (Wildman–Crippen MR) is 52.0 cm³/mol.